The Kier molecular flexibility index (Phi) is 4.44. The number of amides is 1. The molecular weight excluding hydrogens is 355 g/mol. The maximum absolute atomic E-state index is 13.2. The molecule has 0 aliphatic carbocycles. The third kappa shape index (κ3) is 3.63. The van der Waals surface area contributed by atoms with Gasteiger partial charge in [0.25, 0.3) is 5.91 Å². The molecule has 0 aliphatic rings. The van der Waals surface area contributed by atoms with Gasteiger partial charge in [-0.1, -0.05) is 28.8 Å². The predicted octanol–water partition coefficient (Wildman–Crippen LogP) is 2.61. The third-order valence-electron chi connectivity index (χ3n) is 3.21. The molecular formula is C14H10ClFN6O3. The number of nitrogens with one attached hydrogen (secondary N) is 2. The van der Waals surface area contributed by atoms with Gasteiger partial charge in [-0.05, 0) is 22.6 Å². The van der Waals surface area contributed by atoms with E-state index >= 15 is 0 Å². The molecule has 3 rings (SSSR count). The molecule has 0 fully saturated rings. The molecule has 0 saturated heterocycles. The third-order valence-corrected chi connectivity index (χ3v) is 3.57. The highest BCUT2D eigenvalue weighted by Crippen LogP contribution is 2.25. The first-order valence-electron chi connectivity index (χ1n) is 6.90. The van der Waals surface area contributed by atoms with E-state index in [0.29, 0.717) is 17.8 Å². The number of aromatic nitrogens is 4. The summed E-state index contributed by atoms with van der Waals surface area (Å²) in [4.78, 5) is 22.0. The number of rotatable bonds is 5. The number of hydrogen-bond acceptors (Lipinski definition) is 5. The lowest BCUT2D eigenvalue weighted by atomic mass is 10.2. The van der Waals surface area contributed by atoms with E-state index in [1.54, 1.807) is 12.1 Å². The lowest BCUT2D eigenvalue weighted by molar-refractivity contribution is -0.389. The Hall–Kier alpha value is -3.27. The van der Waals surface area contributed by atoms with Crippen molar-refractivity contribution in [2.75, 3.05) is 5.32 Å². The van der Waals surface area contributed by atoms with Crippen molar-refractivity contribution < 1.29 is 14.1 Å². The van der Waals surface area contributed by atoms with Crippen LogP contribution in [-0.2, 0) is 6.54 Å². The summed E-state index contributed by atoms with van der Waals surface area (Å²) in [5.41, 5.74) is 0.737. The number of aromatic amines is 1. The molecule has 1 aromatic carbocycles. The number of benzene rings is 1. The smallest absolute Gasteiger partial charge is 0.358 e. The van der Waals surface area contributed by atoms with Gasteiger partial charge < -0.3 is 15.4 Å². The molecule has 0 aliphatic heterocycles. The number of carbonyl (C=O) groups is 1. The molecule has 2 N–H and O–H groups in total. The van der Waals surface area contributed by atoms with Gasteiger partial charge in [-0.3, -0.25) is 9.48 Å². The molecule has 2 aromatic heterocycles. The second-order valence-corrected chi connectivity index (χ2v) is 5.38. The van der Waals surface area contributed by atoms with E-state index in [-0.39, 0.29) is 16.5 Å². The molecule has 25 heavy (non-hydrogen) atoms. The highest BCUT2D eigenvalue weighted by atomic mass is 35.5. The van der Waals surface area contributed by atoms with Gasteiger partial charge in [0, 0.05) is 6.20 Å². The minimum atomic E-state index is -0.775. The van der Waals surface area contributed by atoms with Crippen molar-refractivity contribution in [1.82, 2.24) is 20.0 Å². The average molecular weight is 365 g/mol. The van der Waals surface area contributed by atoms with E-state index in [0.717, 1.165) is 0 Å². The molecule has 11 heteroatoms. The van der Waals surface area contributed by atoms with Crippen LogP contribution >= 0.6 is 11.6 Å². The highest BCUT2D eigenvalue weighted by Gasteiger charge is 2.25. The van der Waals surface area contributed by atoms with Gasteiger partial charge in [-0.2, -0.15) is 5.10 Å². The number of hydrogen-bond donors (Lipinski definition) is 2. The largest absolute Gasteiger partial charge is 0.362 e. The minimum Gasteiger partial charge on any atom is -0.358 e. The minimum absolute atomic E-state index is 0.300. The van der Waals surface area contributed by atoms with Crippen LogP contribution in [0.2, 0.25) is 5.02 Å². The van der Waals surface area contributed by atoms with Crippen molar-refractivity contribution in [2.24, 2.45) is 0 Å². The van der Waals surface area contributed by atoms with Crippen LogP contribution < -0.4 is 5.32 Å². The van der Waals surface area contributed by atoms with Crippen molar-refractivity contribution in [3.05, 3.63) is 68.9 Å². The highest BCUT2D eigenvalue weighted by molar-refractivity contribution is 6.35. The zero-order valence-corrected chi connectivity index (χ0v) is 13.2. The monoisotopic (exact) mass is 364 g/mol. The van der Waals surface area contributed by atoms with Gasteiger partial charge in [0.05, 0.1) is 18.4 Å². The van der Waals surface area contributed by atoms with E-state index in [4.69, 9.17) is 11.6 Å². The maximum atomic E-state index is 13.2. The van der Waals surface area contributed by atoms with E-state index in [1.165, 1.54) is 29.2 Å². The lowest BCUT2D eigenvalue weighted by Crippen LogP contribution is -2.12. The van der Waals surface area contributed by atoms with Crippen LogP contribution in [0.5, 0.6) is 0 Å². The summed E-state index contributed by atoms with van der Waals surface area (Å²) in [6.45, 7) is 0.308. The Bertz CT molecular complexity index is 954. The van der Waals surface area contributed by atoms with Crippen molar-refractivity contribution >= 4 is 29.0 Å². The topological polar surface area (TPSA) is 119 Å². The Morgan fingerprint density at radius 1 is 1.48 bits per heavy atom. The second-order valence-electron chi connectivity index (χ2n) is 5.00. The number of nitro groups is 1. The molecule has 9 nitrogen and oxygen atoms in total. The SMILES string of the molecule is O=C(Nc1cnn(Cc2cccc(F)c2)c1)c1n[nH]c([N+](=O)[O-])c1Cl. The number of carbonyl (C=O) groups excluding carboxylic acids is 1. The fourth-order valence-corrected chi connectivity index (χ4v) is 2.36. The summed E-state index contributed by atoms with van der Waals surface area (Å²) < 4.78 is 14.7. The fraction of sp³-hybridized carbons (Fsp3) is 0.0714. The van der Waals surface area contributed by atoms with E-state index in [9.17, 15) is 19.3 Å². The van der Waals surface area contributed by atoms with Crippen LogP contribution in [-0.4, -0.2) is 30.8 Å². The molecule has 3 aromatic rings. The summed E-state index contributed by atoms with van der Waals surface area (Å²) in [7, 11) is 0. The number of halogens is 2. The van der Waals surface area contributed by atoms with Crippen molar-refractivity contribution in [1.29, 1.82) is 0 Å². The van der Waals surface area contributed by atoms with E-state index in [2.05, 4.69) is 20.6 Å². The summed E-state index contributed by atoms with van der Waals surface area (Å²) in [6.07, 6.45) is 2.91. The molecule has 0 bridgehead atoms. The molecule has 0 saturated carbocycles. The predicted molar refractivity (Wildman–Crippen MR) is 85.9 cm³/mol. The molecule has 0 radical (unpaired) electrons. The zero-order chi connectivity index (χ0) is 18.0. The van der Waals surface area contributed by atoms with Crippen molar-refractivity contribution in [3.8, 4) is 0 Å². The fourth-order valence-electron chi connectivity index (χ4n) is 2.12. The van der Waals surface area contributed by atoms with Gasteiger partial charge in [-0.25, -0.2) is 4.39 Å². The summed E-state index contributed by atoms with van der Waals surface area (Å²) in [6, 6.07) is 6.04. The molecule has 1 amide bonds. The van der Waals surface area contributed by atoms with Crippen LogP contribution in [0.4, 0.5) is 15.9 Å². The van der Waals surface area contributed by atoms with Crippen LogP contribution in [0.25, 0.3) is 0 Å². The Morgan fingerprint density at radius 2 is 2.28 bits per heavy atom. The maximum Gasteiger partial charge on any atom is 0.362 e. The first-order chi connectivity index (χ1) is 11.9. The van der Waals surface area contributed by atoms with Crippen LogP contribution in [0.1, 0.15) is 16.1 Å². The van der Waals surface area contributed by atoms with E-state index < -0.39 is 16.6 Å². The zero-order valence-electron chi connectivity index (χ0n) is 12.4. The van der Waals surface area contributed by atoms with Crippen LogP contribution in [0, 0.1) is 15.9 Å². The van der Waals surface area contributed by atoms with E-state index in [1.807, 2.05) is 0 Å². The van der Waals surface area contributed by atoms with Crippen LogP contribution in [0.3, 0.4) is 0 Å². The quantitative estimate of drug-likeness (QED) is 0.532. The number of nitrogens with zero attached hydrogens (tertiary/aromatic N) is 4. The first-order valence-corrected chi connectivity index (χ1v) is 7.28. The lowest BCUT2D eigenvalue weighted by Gasteiger charge is -2.02. The Labute approximate surface area is 144 Å². The molecule has 0 atom stereocenters. The molecule has 128 valence electrons. The van der Waals surface area contributed by atoms with Gasteiger partial charge in [-0.15, -0.1) is 5.10 Å². The van der Waals surface area contributed by atoms with Gasteiger partial charge in [0.1, 0.15) is 5.82 Å². The van der Waals surface area contributed by atoms with Gasteiger partial charge in [0.2, 0.25) is 0 Å². The average Bonchev–Trinajstić information content (AvgIpc) is 3.14. The summed E-state index contributed by atoms with van der Waals surface area (Å²) >= 11 is 5.76. The van der Waals surface area contributed by atoms with Crippen LogP contribution in [0.15, 0.2) is 36.7 Å². The molecule has 0 spiro atoms. The second kappa shape index (κ2) is 6.69. The number of H-pyrrole nitrogens is 1. The normalized spacial score (nSPS) is 10.6. The standard InChI is InChI=1S/C14H10ClFN6O3/c15-11-12(19-20-13(11)22(24)25)14(23)18-10-5-17-21(7-10)6-8-2-1-3-9(16)4-8/h1-5,7H,6H2,(H,18,23)(H,19,20). The van der Waals surface area contributed by atoms with Gasteiger partial charge >= 0.3 is 5.82 Å². The Morgan fingerprint density at radius 3 is 2.96 bits per heavy atom. The summed E-state index contributed by atoms with van der Waals surface area (Å²) in [5, 5.41) is 22.5. The first kappa shape index (κ1) is 16.6. The van der Waals surface area contributed by atoms with Crippen molar-refractivity contribution in [2.45, 2.75) is 6.54 Å². The van der Waals surface area contributed by atoms with Gasteiger partial charge in [0.15, 0.2) is 10.7 Å². The Balaban J connectivity index is 1.71. The molecule has 2 heterocycles. The van der Waals surface area contributed by atoms with Crippen molar-refractivity contribution in [3.63, 3.8) is 0 Å². The molecule has 0 unspecified atom stereocenters. The summed E-state index contributed by atoms with van der Waals surface area (Å²) in [5.74, 6) is -1.64. The number of anilines is 1.